The first kappa shape index (κ1) is 20.6. The van der Waals surface area contributed by atoms with Gasteiger partial charge in [0.15, 0.2) is 11.6 Å². The van der Waals surface area contributed by atoms with Crippen LogP contribution in [0.25, 0.3) is 21.6 Å². The van der Waals surface area contributed by atoms with Crippen molar-refractivity contribution in [2.75, 3.05) is 24.2 Å². The lowest BCUT2D eigenvalue weighted by atomic mass is 10.1. The minimum atomic E-state index is -0.469. The van der Waals surface area contributed by atoms with Crippen LogP contribution < -0.4 is 16.4 Å². The first-order valence-corrected chi connectivity index (χ1v) is 11.0. The Labute approximate surface area is 185 Å². The summed E-state index contributed by atoms with van der Waals surface area (Å²) in [6.45, 7) is 0.518. The summed E-state index contributed by atoms with van der Waals surface area (Å²) < 4.78 is 16.0. The van der Waals surface area contributed by atoms with Gasteiger partial charge in [0.25, 0.3) is 0 Å². The van der Waals surface area contributed by atoms with Crippen LogP contribution in [0.5, 0.6) is 0 Å². The van der Waals surface area contributed by atoms with E-state index in [2.05, 4.69) is 53.6 Å². The predicted molar refractivity (Wildman–Crippen MR) is 124 cm³/mol. The van der Waals surface area contributed by atoms with Crippen LogP contribution in [0.4, 0.5) is 15.2 Å². The Hall–Kier alpha value is -2.62. The molecule has 0 fully saturated rings. The highest BCUT2D eigenvalue weighted by Crippen LogP contribution is 2.42. The van der Waals surface area contributed by atoms with Crippen LogP contribution in [0.15, 0.2) is 53.3 Å². The molecule has 0 aliphatic rings. The zero-order valence-electron chi connectivity index (χ0n) is 16.2. The zero-order valence-corrected chi connectivity index (χ0v) is 18.6. The Morgan fingerprint density at radius 3 is 2.73 bits per heavy atom. The van der Waals surface area contributed by atoms with Gasteiger partial charge in [0.05, 0.1) is 20.9 Å². The maximum atomic E-state index is 14.3. The van der Waals surface area contributed by atoms with Gasteiger partial charge in [-0.3, -0.25) is 4.98 Å². The molecule has 6 nitrogen and oxygen atoms in total. The van der Waals surface area contributed by atoms with Crippen LogP contribution in [-0.4, -0.2) is 34.6 Å². The smallest absolute Gasteiger partial charge is 0.165 e. The van der Waals surface area contributed by atoms with Gasteiger partial charge in [-0.05, 0) is 34.0 Å². The first-order valence-electron chi connectivity index (χ1n) is 9.38. The molecule has 9 heteroatoms. The van der Waals surface area contributed by atoms with Gasteiger partial charge in [-0.15, -0.1) is 11.3 Å². The molecule has 1 aromatic carbocycles. The largest absolute Gasteiger partial charge is 0.379 e. The number of hydrogen-bond donors (Lipinski definition) is 3. The van der Waals surface area contributed by atoms with Crippen molar-refractivity contribution in [2.45, 2.75) is 12.5 Å². The van der Waals surface area contributed by atoms with Gasteiger partial charge in [-0.2, -0.15) is 0 Å². The highest BCUT2D eigenvalue weighted by molar-refractivity contribution is 9.10. The second-order valence-electron chi connectivity index (χ2n) is 6.75. The van der Waals surface area contributed by atoms with Gasteiger partial charge in [0.1, 0.15) is 16.3 Å². The van der Waals surface area contributed by atoms with Crippen LogP contribution in [0.3, 0.4) is 0 Å². The third-order valence-corrected chi connectivity index (χ3v) is 6.83. The maximum Gasteiger partial charge on any atom is 0.165 e. The summed E-state index contributed by atoms with van der Waals surface area (Å²) >= 11 is 5.12. The standard InChI is InChI=1S/C21H20BrFN6S/c1-25-21-16(22)17-18(30-21)20(27-10-13(24)9-12-5-3-2-4-6-12)29-19(28-17)14-7-8-26-11-15(14)23/h2-8,11,13,25H,9-10,24H2,1H3,(H,27,28,29)/t13-/m0/s1. The molecule has 154 valence electrons. The number of aromatic nitrogens is 3. The summed E-state index contributed by atoms with van der Waals surface area (Å²) in [5.74, 6) is 0.452. The molecule has 0 unspecified atom stereocenters. The fourth-order valence-corrected chi connectivity index (χ4v) is 4.94. The maximum absolute atomic E-state index is 14.3. The number of fused-ring (bicyclic) bond motifs is 1. The summed E-state index contributed by atoms with van der Waals surface area (Å²) in [6, 6.07) is 11.6. The van der Waals surface area contributed by atoms with Gasteiger partial charge in [-0.1, -0.05) is 30.3 Å². The fourth-order valence-electron chi connectivity index (χ4n) is 3.12. The lowest BCUT2D eigenvalue weighted by Crippen LogP contribution is -2.31. The number of nitrogens with two attached hydrogens (primary N) is 1. The van der Waals surface area contributed by atoms with E-state index in [0.717, 1.165) is 26.8 Å². The van der Waals surface area contributed by atoms with E-state index in [4.69, 9.17) is 5.73 Å². The molecule has 0 radical (unpaired) electrons. The Morgan fingerprint density at radius 1 is 1.20 bits per heavy atom. The molecule has 4 N–H and O–H groups in total. The number of hydrogen-bond acceptors (Lipinski definition) is 7. The average Bonchev–Trinajstić information content (AvgIpc) is 3.09. The minimum absolute atomic E-state index is 0.106. The molecule has 30 heavy (non-hydrogen) atoms. The lowest BCUT2D eigenvalue weighted by Gasteiger charge is -2.14. The number of nitrogens with one attached hydrogen (secondary N) is 2. The van der Waals surface area contributed by atoms with E-state index in [1.54, 1.807) is 6.07 Å². The van der Waals surface area contributed by atoms with Crippen molar-refractivity contribution in [3.8, 4) is 11.4 Å². The topological polar surface area (TPSA) is 88.8 Å². The molecule has 0 saturated heterocycles. The van der Waals surface area contributed by atoms with E-state index in [1.165, 1.54) is 23.1 Å². The van der Waals surface area contributed by atoms with Crippen molar-refractivity contribution in [2.24, 2.45) is 5.73 Å². The molecule has 0 bridgehead atoms. The fraction of sp³-hybridized carbons (Fsp3) is 0.190. The van der Waals surface area contributed by atoms with E-state index < -0.39 is 5.82 Å². The van der Waals surface area contributed by atoms with Gasteiger partial charge in [0, 0.05) is 25.8 Å². The van der Waals surface area contributed by atoms with E-state index in [1.807, 2.05) is 25.2 Å². The van der Waals surface area contributed by atoms with Crippen molar-refractivity contribution < 1.29 is 4.39 Å². The summed E-state index contributed by atoms with van der Waals surface area (Å²) in [7, 11) is 1.84. The summed E-state index contributed by atoms with van der Waals surface area (Å²) in [6.07, 6.45) is 3.42. The third kappa shape index (κ3) is 4.28. The number of pyridine rings is 1. The van der Waals surface area contributed by atoms with E-state index in [-0.39, 0.29) is 6.04 Å². The molecule has 1 atom stereocenters. The first-order chi connectivity index (χ1) is 14.6. The van der Waals surface area contributed by atoms with Crippen molar-refractivity contribution in [3.63, 3.8) is 0 Å². The normalized spacial score (nSPS) is 12.1. The molecule has 0 saturated carbocycles. The molecule has 0 aliphatic carbocycles. The van der Waals surface area contributed by atoms with Gasteiger partial charge in [-0.25, -0.2) is 14.4 Å². The van der Waals surface area contributed by atoms with E-state index >= 15 is 0 Å². The Bertz CT molecular complexity index is 1170. The number of benzene rings is 1. The van der Waals surface area contributed by atoms with Crippen LogP contribution in [0, 0.1) is 5.82 Å². The molecule has 0 amide bonds. The average molecular weight is 487 g/mol. The van der Waals surface area contributed by atoms with Crippen molar-refractivity contribution >= 4 is 48.3 Å². The van der Waals surface area contributed by atoms with Crippen molar-refractivity contribution in [1.82, 2.24) is 15.0 Å². The minimum Gasteiger partial charge on any atom is -0.379 e. The SMILES string of the molecule is CNc1sc2c(NC[C@@H](N)Cc3ccccc3)nc(-c3ccncc3F)nc2c1Br. The van der Waals surface area contributed by atoms with Gasteiger partial charge < -0.3 is 16.4 Å². The molecular weight excluding hydrogens is 467 g/mol. The second kappa shape index (κ2) is 9.03. The predicted octanol–water partition coefficient (Wildman–Crippen LogP) is 4.68. The van der Waals surface area contributed by atoms with Crippen molar-refractivity contribution in [1.29, 1.82) is 0 Å². The molecule has 0 spiro atoms. The number of anilines is 2. The van der Waals surface area contributed by atoms with Gasteiger partial charge >= 0.3 is 0 Å². The number of nitrogens with zero attached hydrogens (tertiary/aromatic N) is 3. The molecule has 3 heterocycles. The van der Waals surface area contributed by atoms with Gasteiger partial charge in [0.2, 0.25) is 0 Å². The Balaban J connectivity index is 1.68. The van der Waals surface area contributed by atoms with E-state index in [9.17, 15) is 4.39 Å². The summed E-state index contributed by atoms with van der Waals surface area (Å²) in [5, 5.41) is 7.42. The zero-order chi connectivity index (χ0) is 21.1. The van der Waals surface area contributed by atoms with Crippen LogP contribution in [-0.2, 0) is 6.42 Å². The molecule has 3 aromatic heterocycles. The summed E-state index contributed by atoms with van der Waals surface area (Å²) in [4.78, 5) is 13.0. The van der Waals surface area contributed by atoms with E-state index in [0.29, 0.717) is 29.3 Å². The molecule has 0 aliphatic heterocycles. The molecular formula is C21H20BrFN6S. The van der Waals surface area contributed by atoms with Crippen molar-refractivity contribution in [3.05, 3.63) is 64.6 Å². The third-order valence-electron chi connectivity index (χ3n) is 4.59. The summed E-state index contributed by atoms with van der Waals surface area (Å²) in [5.41, 5.74) is 8.53. The Kier molecular flexibility index (Phi) is 6.21. The lowest BCUT2D eigenvalue weighted by molar-refractivity contribution is 0.623. The highest BCUT2D eigenvalue weighted by atomic mass is 79.9. The Morgan fingerprint density at radius 2 is 2.00 bits per heavy atom. The molecule has 4 aromatic rings. The van der Waals surface area contributed by atoms with Crippen LogP contribution in [0.2, 0.25) is 0 Å². The second-order valence-corrected chi connectivity index (χ2v) is 8.57. The van der Waals surface area contributed by atoms with Crippen LogP contribution >= 0.6 is 27.3 Å². The number of thiophene rings is 1. The molecule has 4 rings (SSSR count). The quantitative estimate of drug-likeness (QED) is 0.351. The van der Waals surface area contributed by atoms with Crippen LogP contribution in [0.1, 0.15) is 5.56 Å². The highest BCUT2D eigenvalue weighted by Gasteiger charge is 2.19. The number of halogens is 2. The number of rotatable bonds is 7. The monoisotopic (exact) mass is 486 g/mol.